The number of carbonyl (C=O) groups excluding carboxylic acids is 1. The van der Waals surface area contributed by atoms with Crippen molar-refractivity contribution in [2.24, 2.45) is 0 Å². The third kappa shape index (κ3) is 5.43. The zero-order valence-electron chi connectivity index (χ0n) is 20.9. The van der Waals surface area contributed by atoms with E-state index in [0.29, 0.717) is 47.8 Å². The van der Waals surface area contributed by atoms with E-state index in [1.807, 2.05) is 24.3 Å². The van der Waals surface area contributed by atoms with E-state index in [4.69, 9.17) is 0 Å². The van der Waals surface area contributed by atoms with E-state index < -0.39 is 17.0 Å². The summed E-state index contributed by atoms with van der Waals surface area (Å²) in [6.45, 7) is 1.45. The first-order valence-corrected chi connectivity index (χ1v) is 13.6. The third-order valence-electron chi connectivity index (χ3n) is 6.91. The highest BCUT2D eigenvalue weighted by Gasteiger charge is 2.51. The largest absolute Gasteiger partial charge is 0.369 e. The van der Waals surface area contributed by atoms with Gasteiger partial charge < -0.3 is 16.0 Å². The Morgan fingerprint density at radius 2 is 1.87 bits per heavy atom. The lowest BCUT2D eigenvalue weighted by molar-refractivity contribution is -0.118. The molecule has 1 aliphatic carbocycles. The van der Waals surface area contributed by atoms with E-state index in [-0.39, 0.29) is 11.6 Å². The van der Waals surface area contributed by atoms with E-state index >= 15 is 4.39 Å². The first-order chi connectivity index (χ1) is 19.0. The summed E-state index contributed by atoms with van der Waals surface area (Å²) >= 11 is 1.57. The predicted molar refractivity (Wildman–Crippen MR) is 150 cm³/mol. The van der Waals surface area contributed by atoms with Crippen molar-refractivity contribution in [3.63, 3.8) is 0 Å². The molecule has 0 radical (unpaired) electrons. The second-order valence-electron chi connectivity index (χ2n) is 9.63. The molecule has 4 aromatic rings. The number of nitrogens with zero attached hydrogens (tertiary/aromatic N) is 2. The Bertz CT molecular complexity index is 1540. The summed E-state index contributed by atoms with van der Waals surface area (Å²) in [5.41, 5.74) is 1.93. The van der Waals surface area contributed by atoms with E-state index in [1.165, 1.54) is 24.3 Å². The fourth-order valence-electron chi connectivity index (χ4n) is 4.64. The summed E-state index contributed by atoms with van der Waals surface area (Å²) in [5, 5.41) is 9.29. The number of rotatable bonds is 4. The third-order valence-corrected chi connectivity index (χ3v) is 7.75. The van der Waals surface area contributed by atoms with Crippen molar-refractivity contribution >= 4 is 41.0 Å². The fraction of sp³-hybridized carbons (Fsp3) is 0.207. The van der Waals surface area contributed by atoms with Gasteiger partial charge >= 0.3 is 0 Å². The smallest absolute Gasteiger partial charge is 0.235 e. The zero-order chi connectivity index (χ0) is 26.8. The molecule has 2 heterocycles. The minimum atomic E-state index is -0.824. The van der Waals surface area contributed by atoms with Gasteiger partial charge in [-0.3, -0.25) is 9.52 Å². The molecule has 6 rings (SSSR count). The van der Waals surface area contributed by atoms with Crippen LogP contribution in [-0.4, -0.2) is 29.0 Å². The Balaban J connectivity index is 1.25. The minimum absolute atomic E-state index is 0.0713. The van der Waals surface area contributed by atoms with Gasteiger partial charge in [0.05, 0.1) is 11.1 Å². The van der Waals surface area contributed by atoms with Crippen LogP contribution in [0.3, 0.4) is 0 Å². The number of anilines is 4. The SMILES string of the molecule is O=C(Nc1ccc(-c2cnc3nc2NCCCNSc2cccc(c2)N3)cc1F)C1(c2cccc(F)c2)CC1. The monoisotopic (exact) mass is 544 g/mol. The second-order valence-corrected chi connectivity index (χ2v) is 10.6. The van der Waals surface area contributed by atoms with Crippen molar-refractivity contribution in [3.05, 3.63) is 90.1 Å². The van der Waals surface area contributed by atoms with Gasteiger partial charge in [-0.25, -0.2) is 13.8 Å². The fourth-order valence-corrected chi connectivity index (χ4v) is 5.39. The molecule has 0 atom stereocenters. The summed E-state index contributed by atoms with van der Waals surface area (Å²) < 4.78 is 32.4. The number of halogens is 2. The van der Waals surface area contributed by atoms with Gasteiger partial charge in [0, 0.05) is 35.4 Å². The number of benzene rings is 3. The quantitative estimate of drug-likeness (QED) is 0.226. The molecule has 4 bridgehead atoms. The number of carbonyl (C=O) groups is 1. The minimum Gasteiger partial charge on any atom is -0.369 e. The molecule has 10 heteroatoms. The molecular weight excluding hydrogens is 518 g/mol. The Morgan fingerprint density at radius 3 is 2.69 bits per heavy atom. The van der Waals surface area contributed by atoms with E-state index in [2.05, 4.69) is 30.6 Å². The molecule has 1 aliphatic heterocycles. The van der Waals surface area contributed by atoms with Crippen LogP contribution in [0, 0.1) is 11.6 Å². The normalized spacial score (nSPS) is 15.9. The van der Waals surface area contributed by atoms with E-state index in [1.54, 1.807) is 36.3 Å². The van der Waals surface area contributed by atoms with Gasteiger partial charge in [-0.2, -0.15) is 4.98 Å². The maximum absolute atomic E-state index is 15.3. The van der Waals surface area contributed by atoms with Crippen molar-refractivity contribution in [3.8, 4) is 11.1 Å². The van der Waals surface area contributed by atoms with Gasteiger partial charge in [0.25, 0.3) is 0 Å². The van der Waals surface area contributed by atoms with Gasteiger partial charge in [-0.05, 0) is 84.8 Å². The summed E-state index contributed by atoms with van der Waals surface area (Å²) in [6, 6.07) is 18.6. The lowest BCUT2D eigenvalue weighted by Crippen LogP contribution is -2.28. The molecule has 4 N–H and O–H groups in total. The van der Waals surface area contributed by atoms with Crippen molar-refractivity contribution < 1.29 is 13.6 Å². The molecule has 0 spiro atoms. The first kappa shape index (κ1) is 25.3. The Kier molecular flexibility index (Phi) is 6.88. The molecule has 39 heavy (non-hydrogen) atoms. The van der Waals surface area contributed by atoms with Crippen molar-refractivity contribution in [1.82, 2.24) is 14.7 Å². The highest BCUT2D eigenvalue weighted by molar-refractivity contribution is 7.97. The zero-order valence-corrected chi connectivity index (χ0v) is 21.7. The molecule has 2 aliphatic rings. The average Bonchev–Trinajstić information content (AvgIpc) is 3.74. The van der Waals surface area contributed by atoms with Crippen LogP contribution in [0.25, 0.3) is 11.1 Å². The van der Waals surface area contributed by atoms with Crippen LogP contribution >= 0.6 is 11.9 Å². The molecule has 0 saturated heterocycles. The summed E-state index contributed by atoms with van der Waals surface area (Å²) in [6.07, 6.45) is 3.69. The molecular formula is C29H26F2N6OS. The number of aromatic nitrogens is 2. The molecule has 1 aromatic heterocycles. The molecule has 1 fully saturated rings. The molecule has 1 amide bonds. The average molecular weight is 545 g/mol. The van der Waals surface area contributed by atoms with Crippen molar-refractivity contribution in [2.75, 3.05) is 29.0 Å². The number of hydrogen-bond donors (Lipinski definition) is 4. The lowest BCUT2D eigenvalue weighted by Gasteiger charge is -2.17. The lowest BCUT2D eigenvalue weighted by atomic mass is 9.94. The Labute approximate surface area is 229 Å². The summed E-state index contributed by atoms with van der Waals surface area (Å²) in [7, 11) is 0. The van der Waals surface area contributed by atoms with Gasteiger partial charge in [-0.1, -0.05) is 24.3 Å². The topological polar surface area (TPSA) is 91.0 Å². The van der Waals surface area contributed by atoms with Crippen LogP contribution in [0.4, 0.5) is 31.9 Å². The molecule has 7 nitrogen and oxygen atoms in total. The molecule has 0 unspecified atom stereocenters. The van der Waals surface area contributed by atoms with Crippen molar-refractivity contribution in [2.45, 2.75) is 29.6 Å². The van der Waals surface area contributed by atoms with Gasteiger partial charge in [0.2, 0.25) is 11.9 Å². The predicted octanol–water partition coefficient (Wildman–Crippen LogP) is 6.25. The van der Waals surface area contributed by atoms with E-state index in [0.717, 1.165) is 23.5 Å². The highest BCUT2D eigenvalue weighted by atomic mass is 32.2. The molecule has 198 valence electrons. The highest BCUT2D eigenvalue weighted by Crippen LogP contribution is 2.49. The van der Waals surface area contributed by atoms with Crippen LogP contribution in [0.1, 0.15) is 24.8 Å². The van der Waals surface area contributed by atoms with Crippen LogP contribution in [0.2, 0.25) is 0 Å². The Morgan fingerprint density at radius 1 is 1.00 bits per heavy atom. The van der Waals surface area contributed by atoms with Gasteiger partial charge in [-0.15, -0.1) is 0 Å². The molecule has 1 saturated carbocycles. The Hall–Kier alpha value is -4.02. The summed E-state index contributed by atoms with van der Waals surface area (Å²) in [5.74, 6) is -0.310. The van der Waals surface area contributed by atoms with Crippen LogP contribution in [-0.2, 0) is 10.2 Å². The number of hydrogen-bond acceptors (Lipinski definition) is 7. The maximum Gasteiger partial charge on any atom is 0.235 e. The number of amides is 1. The van der Waals surface area contributed by atoms with Crippen LogP contribution in [0.15, 0.2) is 77.8 Å². The van der Waals surface area contributed by atoms with Gasteiger partial charge in [0.15, 0.2) is 0 Å². The van der Waals surface area contributed by atoms with Gasteiger partial charge in [0.1, 0.15) is 17.5 Å². The van der Waals surface area contributed by atoms with Crippen LogP contribution < -0.4 is 20.7 Å². The second kappa shape index (κ2) is 10.6. The van der Waals surface area contributed by atoms with E-state index in [9.17, 15) is 9.18 Å². The van der Waals surface area contributed by atoms with Crippen molar-refractivity contribution in [1.29, 1.82) is 0 Å². The number of fused-ring (bicyclic) bond motifs is 4. The molecule has 3 aromatic carbocycles. The maximum atomic E-state index is 15.3. The number of nitrogens with one attached hydrogen (secondary N) is 4. The van der Waals surface area contributed by atoms with Crippen LogP contribution in [0.5, 0.6) is 0 Å². The summed E-state index contributed by atoms with van der Waals surface area (Å²) in [4.78, 5) is 23.3. The first-order valence-electron chi connectivity index (χ1n) is 12.8. The standard InChI is InChI=1S/C29H26F2N6OS/c30-20-5-1-4-19(15-20)29(10-11-29)27(38)36-25-9-8-18(14-24(25)31)23-17-33-28-35-21-6-2-7-22(16-21)39-34-13-3-12-32-26(23)37-28/h1-2,4-9,14-17,34H,3,10-13H2,(H,36,38)(H2,32,33,35,37).